The molecule has 0 saturated heterocycles. The normalized spacial score (nSPS) is 18.6. The fourth-order valence-electron chi connectivity index (χ4n) is 3.05. The Hall–Kier alpha value is -3.15. The molecule has 0 saturated carbocycles. The van der Waals surface area contributed by atoms with Crippen LogP contribution < -0.4 is 0 Å². The lowest BCUT2D eigenvalue weighted by Gasteiger charge is -2.12. The third-order valence-electron chi connectivity index (χ3n) is 4.47. The molecule has 0 N–H and O–H groups in total. The van der Waals surface area contributed by atoms with Crippen LogP contribution in [-0.2, 0) is 27.1 Å². The van der Waals surface area contributed by atoms with Crippen molar-refractivity contribution in [1.82, 2.24) is 5.01 Å². The van der Waals surface area contributed by atoms with Crippen LogP contribution in [0.2, 0.25) is 0 Å². The molecule has 5 nitrogen and oxygen atoms in total. The average molecular weight is 366 g/mol. The van der Waals surface area contributed by atoms with Crippen molar-refractivity contribution < 1.29 is 18.7 Å². The summed E-state index contributed by atoms with van der Waals surface area (Å²) in [6.07, 6.45) is 2.63. The quantitative estimate of drug-likeness (QED) is 0.815. The Balaban J connectivity index is 1.34. The van der Waals surface area contributed by atoms with Gasteiger partial charge in [0.2, 0.25) is 12.2 Å². The summed E-state index contributed by atoms with van der Waals surface area (Å²) in [7, 11) is 0. The molecule has 1 unspecified atom stereocenters. The van der Waals surface area contributed by atoms with E-state index < -0.39 is 0 Å². The highest BCUT2D eigenvalue weighted by Gasteiger charge is 2.29. The number of allylic oxidation sites excluding steroid dienone is 1. The highest BCUT2D eigenvalue weighted by molar-refractivity contribution is 6.00. The maximum absolute atomic E-state index is 13.0. The van der Waals surface area contributed by atoms with Gasteiger partial charge in [-0.15, -0.1) is 0 Å². The van der Waals surface area contributed by atoms with Crippen LogP contribution in [0.4, 0.5) is 4.39 Å². The van der Waals surface area contributed by atoms with E-state index in [1.807, 2.05) is 30.3 Å². The second-order valence-corrected chi connectivity index (χ2v) is 6.47. The van der Waals surface area contributed by atoms with Gasteiger partial charge in [-0.3, -0.25) is 4.79 Å². The molecule has 4 rings (SSSR count). The Morgan fingerprint density at radius 3 is 2.67 bits per heavy atom. The Bertz CT molecular complexity index is 878. The molecule has 2 aliphatic rings. The standard InChI is InChI=1S/C21H19FN2O3/c22-17-8-6-16(7-9-17)12-20(25)24-11-10-18(23-24)19-14-26-21(27-19)13-15-4-2-1-3-5-15/h1-9,14,21H,10-13H2. The van der Waals surface area contributed by atoms with Crippen LogP contribution in [0.5, 0.6) is 0 Å². The largest absolute Gasteiger partial charge is 0.458 e. The van der Waals surface area contributed by atoms with Gasteiger partial charge >= 0.3 is 0 Å². The first-order chi connectivity index (χ1) is 13.2. The highest BCUT2D eigenvalue weighted by atomic mass is 19.1. The van der Waals surface area contributed by atoms with Crippen molar-refractivity contribution >= 4 is 11.6 Å². The Morgan fingerprint density at radius 1 is 1.11 bits per heavy atom. The van der Waals surface area contributed by atoms with Crippen molar-refractivity contribution in [2.24, 2.45) is 5.10 Å². The molecule has 0 aromatic heterocycles. The SMILES string of the molecule is O=C(Cc1ccc(F)cc1)N1CCC(C2=COC(Cc3ccccc3)O2)=N1. The first-order valence-corrected chi connectivity index (χ1v) is 8.86. The molecule has 2 aromatic carbocycles. The number of ether oxygens (including phenoxy) is 2. The number of nitrogens with zero attached hydrogens (tertiary/aromatic N) is 2. The minimum absolute atomic E-state index is 0.128. The van der Waals surface area contributed by atoms with Crippen LogP contribution in [0.3, 0.4) is 0 Å². The second kappa shape index (κ2) is 7.61. The molecule has 1 amide bonds. The van der Waals surface area contributed by atoms with Crippen molar-refractivity contribution in [2.75, 3.05) is 6.54 Å². The number of benzene rings is 2. The van der Waals surface area contributed by atoms with Crippen molar-refractivity contribution in [3.63, 3.8) is 0 Å². The number of halogens is 1. The van der Waals surface area contributed by atoms with E-state index in [1.165, 1.54) is 17.1 Å². The zero-order valence-corrected chi connectivity index (χ0v) is 14.7. The zero-order valence-electron chi connectivity index (χ0n) is 14.7. The minimum atomic E-state index is -0.380. The Kier molecular flexibility index (Phi) is 4.87. The minimum Gasteiger partial charge on any atom is -0.458 e. The number of carbonyl (C=O) groups excluding carboxylic acids is 1. The van der Waals surface area contributed by atoms with Gasteiger partial charge in [0.15, 0.2) is 5.76 Å². The lowest BCUT2D eigenvalue weighted by atomic mass is 10.1. The van der Waals surface area contributed by atoms with E-state index in [9.17, 15) is 9.18 Å². The van der Waals surface area contributed by atoms with Gasteiger partial charge in [0.25, 0.3) is 0 Å². The summed E-state index contributed by atoms with van der Waals surface area (Å²) in [4.78, 5) is 12.4. The molecule has 0 radical (unpaired) electrons. The molecule has 138 valence electrons. The molecule has 0 fully saturated rings. The summed E-state index contributed by atoms with van der Waals surface area (Å²) >= 11 is 0. The van der Waals surface area contributed by atoms with E-state index >= 15 is 0 Å². The molecular weight excluding hydrogens is 347 g/mol. The van der Waals surface area contributed by atoms with Crippen LogP contribution in [0.15, 0.2) is 71.7 Å². The molecule has 6 heteroatoms. The number of hydrogen-bond acceptors (Lipinski definition) is 4. The molecule has 0 bridgehead atoms. The number of rotatable bonds is 5. The number of hydrazone groups is 1. The monoisotopic (exact) mass is 366 g/mol. The van der Waals surface area contributed by atoms with Gasteiger partial charge in [-0.2, -0.15) is 5.10 Å². The van der Waals surface area contributed by atoms with Crippen molar-refractivity contribution in [3.05, 3.63) is 83.6 Å². The van der Waals surface area contributed by atoms with E-state index in [2.05, 4.69) is 5.10 Å². The number of amides is 1. The van der Waals surface area contributed by atoms with Crippen LogP contribution in [-0.4, -0.2) is 29.5 Å². The topological polar surface area (TPSA) is 51.1 Å². The molecule has 0 spiro atoms. The Labute approximate surface area is 156 Å². The van der Waals surface area contributed by atoms with Crippen LogP contribution in [0.1, 0.15) is 17.5 Å². The Morgan fingerprint density at radius 2 is 1.89 bits per heavy atom. The average Bonchev–Trinajstić information content (AvgIpc) is 3.34. The van der Waals surface area contributed by atoms with Crippen molar-refractivity contribution in [1.29, 1.82) is 0 Å². The summed E-state index contributed by atoms with van der Waals surface area (Å²) in [5, 5.41) is 5.82. The molecule has 0 aliphatic carbocycles. The molecule has 27 heavy (non-hydrogen) atoms. The molecule has 2 aromatic rings. The van der Waals surface area contributed by atoms with Gasteiger partial charge in [0.05, 0.1) is 13.0 Å². The molecule has 2 aliphatic heterocycles. The third kappa shape index (κ3) is 4.16. The van der Waals surface area contributed by atoms with E-state index in [1.54, 1.807) is 18.4 Å². The highest BCUT2D eigenvalue weighted by Crippen LogP contribution is 2.23. The lowest BCUT2D eigenvalue weighted by Crippen LogP contribution is -2.25. The van der Waals surface area contributed by atoms with Crippen molar-refractivity contribution in [2.45, 2.75) is 25.6 Å². The van der Waals surface area contributed by atoms with Gasteiger partial charge in [-0.25, -0.2) is 9.40 Å². The predicted octanol–water partition coefficient (Wildman–Crippen LogP) is 3.41. The van der Waals surface area contributed by atoms with Gasteiger partial charge in [-0.05, 0) is 23.3 Å². The van der Waals surface area contributed by atoms with E-state index in [-0.39, 0.29) is 24.4 Å². The van der Waals surface area contributed by atoms with E-state index in [4.69, 9.17) is 9.47 Å². The van der Waals surface area contributed by atoms with Crippen LogP contribution in [0, 0.1) is 5.82 Å². The summed E-state index contributed by atoms with van der Waals surface area (Å²) in [5.74, 6) is 0.132. The molecular formula is C21H19FN2O3. The summed E-state index contributed by atoms with van der Waals surface area (Å²) in [6, 6.07) is 15.9. The first kappa shape index (κ1) is 17.3. The van der Waals surface area contributed by atoms with E-state index in [0.717, 1.165) is 11.1 Å². The van der Waals surface area contributed by atoms with Crippen LogP contribution >= 0.6 is 0 Å². The maximum atomic E-state index is 13.0. The maximum Gasteiger partial charge on any atom is 0.247 e. The van der Waals surface area contributed by atoms with Gasteiger partial charge in [0.1, 0.15) is 17.8 Å². The zero-order chi connectivity index (χ0) is 18.6. The number of carbonyl (C=O) groups is 1. The van der Waals surface area contributed by atoms with Gasteiger partial charge in [0, 0.05) is 12.8 Å². The van der Waals surface area contributed by atoms with E-state index in [0.29, 0.717) is 30.9 Å². The predicted molar refractivity (Wildman–Crippen MR) is 98.1 cm³/mol. The third-order valence-corrected chi connectivity index (χ3v) is 4.47. The molecule has 1 atom stereocenters. The lowest BCUT2D eigenvalue weighted by molar-refractivity contribution is -0.130. The molecule has 2 heterocycles. The summed E-state index contributed by atoms with van der Waals surface area (Å²) in [5.41, 5.74) is 2.59. The van der Waals surface area contributed by atoms with Crippen LogP contribution in [0.25, 0.3) is 0 Å². The number of hydrogen-bond donors (Lipinski definition) is 0. The summed E-state index contributed by atoms with van der Waals surface area (Å²) in [6.45, 7) is 0.499. The first-order valence-electron chi connectivity index (χ1n) is 8.86. The summed E-state index contributed by atoms with van der Waals surface area (Å²) < 4.78 is 24.4. The second-order valence-electron chi connectivity index (χ2n) is 6.47. The smallest absolute Gasteiger partial charge is 0.247 e. The fourth-order valence-corrected chi connectivity index (χ4v) is 3.05. The van der Waals surface area contributed by atoms with Gasteiger partial charge in [-0.1, -0.05) is 42.5 Å². The van der Waals surface area contributed by atoms with Gasteiger partial charge < -0.3 is 9.47 Å². The fraction of sp³-hybridized carbons (Fsp3) is 0.238. The van der Waals surface area contributed by atoms with Crippen molar-refractivity contribution in [3.8, 4) is 0 Å².